The molecule has 0 saturated carbocycles. The van der Waals surface area contributed by atoms with Crippen molar-refractivity contribution in [1.29, 1.82) is 10.8 Å². The third kappa shape index (κ3) is 2.73. The van der Waals surface area contributed by atoms with E-state index in [0.717, 1.165) is 5.56 Å². The molecule has 0 N–H and O–H groups in total. The van der Waals surface area contributed by atoms with Gasteiger partial charge in [0.2, 0.25) is 0 Å². The quantitative estimate of drug-likeness (QED) is 0.402. The van der Waals surface area contributed by atoms with Gasteiger partial charge in [-0.05, 0) is 24.6 Å². The van der Waals surface area contributed by atoms with Gasteiger partial charge in [-0.1, -0.05) is 0 Å². The Balaban J connectivity index is 0.000000371. The molecule has 0 aliphatic rings. The van der Waals surface area contributed by atoms with E-state index in [4.69, 9.17) is 10.8 Å². The standard InChI is InChI=1S/C8H9.N2/c1-7-3-5-8(2)6-4-7;1-2/h3-6H,1H2,2H3;/q+1;. The first-order chi connectivity index (χ1) is 4.79. The van der Waals surface area contributed by atoms with Crippen LogP contribution in [0.3, 0.4) is 0 Å². The maximum atomic E-state index is 6.00. The van der Waals surface area contributed by atoms with Gasteiger partial charge in [0.1, 0.15) is 5.56 Å². The summed E-state index contributed by atoms with van der Waals surface area (Å²) in [6, 6.07) is 8.13. The Kier molecular flexibility index (Phi) is 3.74. The lowest BCUT2D eigenvalue weighted by Gasteiger charge is -1.82. The molecule has 2 heteroatoms. The van der Waals surface area contributed by atoms with Gasteiger partial charge in [0, 0.05) is 29.8 Å². The molecule has 0 heterocycles. The number of benzene rings is 1. The van der Waals surface area contributed by atoms with Gasteiger partial charge in [-0.25, -0.2) is 0 Å². The molecule has 50 valence electrons. The van der Waals surface area contributed by atoms with Crippen molar-refractivity contribution in [2.24, 2.45) is 0 Å². The van der Waals surface area contributed by atoms with Crippen LogP contribution in [0.2, 0.25) is 0 Å². The molecule has 0 saturated heterocycles. The van der Waals surface area contributed by atoms with E-state index in [9.17, 15) is 0 Å². The van der Waals surface area contributed by atoms with E-state index in [1.54, 1.807) is 0 Å². The van der Waals surface area contributed by atoms with Crippen LogP contribution in [0.4, 0.5) is 0 Å². The summed E-state index contributed by atoms with van der Waals surface area (Å²) in [7, 11) is 0. The predicted octanol–water partition coefficient (Wildman–Crippen LogP) is 2.21. The first-order valence-corrected chi connectivity index (χ1v) is 2.87. The Morgan fingerprint density at radius 1 is 1.10 bits per heavy atom. The van der Waals surface area contributed by atoms with Crippen LogP contribution < -0.4 is 0 Å². The number of rotatable bonds is 0. The second kappa shape index (κ2) is 4.39. The Labute approximate surface area is 60.9 Å². The smallest absolute Gasteiger partial charge is 0.0374 e. The van der Waals surface area contributed by atoms with Gasteiger partial charge >= 0.3 is 0 Å². The molecule has 0 fully saturated rings. The van der Waals surface area contributed by atoms with Crippen molar-refractivity contribution < 1.29 is 0 Å². The molecule has 2 nitrogen and oxygen atoms in total. The molecule has 0 aliphatic heterocycles. The number of hydrogen-bond acceptors (Lipinski definition) is 2. The summed E-state index contributed by atoms with van der Waals surface area (Å²) in [5.74, 6) is 0. The topological polar surface area (TPSA) is 47.6 Å². The van der Waals surface area contributed by atoms with E-state index in [0.29, 0.717) is 0 Å². The van der Waals surface area contributed by atoms with Gasteiger partial charge in [0.25, 0.3) is 0 Å². The highest BCUT2D eigenvalue weighted by Crippen LogP contribution is 1.99. The van der Waals surface area contributed by atoms with Crippen molar-refractivity contribution >= 4 is 0 Å². The highest BCUT2D eigenvalue weighted by atomic mass is 14.6. The van der Waals surface area contributed by atoms with E-state index in [1.165, 1.54) is 5.56 Å². The third-order valence-electron chi connectivity index (χ3n) is 1.12. The van der Waals surface area contributed by atoms with Crippen LogP contribution in [0.1, 0.15) is 11.1 Å². The van der Waals surface area contributed by atoms with Crippen LogP contribution in [0, 0.1) is 24.6 Å². The van der Waals surface area contributed by atoms with Crippen LogP contribution in [0.25, 0.3) is 0 Å². The maximum absolute atomic E-state index is 6.00. The van der Waals surface area contributed by atoms with Crippen molar-refractivity contribution in [3.05, 3.63) is 42.3 Å². The third-order valence-corrected chi connectivity index (χ3v) is 1.12. The number of hydrogen-bond donors (Lipinski definition) is 0. The second-order valence-electron chi connectivity index (χ2n) is 1.99. The summed E-state index contributed by atoms with van der Waals surface area (Å²) < 4.78 is 0. The first-order valence-electron chi connectivity index (χ1n) is 2.87. The monoisotopic (exact) mass is 133 g/mol. The average molecular weight is 133 g/mol. The van der Waals surface area contributed by atoms with E-state index < -0.39 is 0 Å². The molecule has 0 amide bonds. The van der Waals surface area contributed by atoms with Crippen LogP contribution in [-0.4, -0.2) is 0 Å². The number of nitrogens with zero attached hydrogens (tertiary/aromatic N) is 2. The van der Waals surface area contributed by atoms with Crippen molar-refractivity contribution in [2.45, 2.75) is 6.92 Å². The molecule has 1 aromatic rings. The van der Waals surface area contributed by atoms with Crippen LogP contribution in [-0.2, 0) is 0 Å². The van der Waals surface area contributed by atoms with Gasteiger partial charge in [-0.3, -0.25) is 0 Å². The molecule has 1 rings (SSSR count). The molecular weight excluding hydrogens is 124 g/mol. The molecule has 0 unspecified atom stereocenters. The molecular formula is C8H9N2+. The Hall–Kier alpha value is -1.49. The highest BCUT2D eigenvalue weighted by Gasteiger charge is 1.88. The SMILES string of the molecule is N#N.[CH2+]c1ccc(C)cc1. The number of aryl methyl sites for hydroxylation is 1. The zero-order chi connectivity index (χ0) is 7.98. The zero-order valence-electron chi connectivity index (χ0n) is 5.91. The summed E-state index contributed by atoms with van der Waals surface area (Å²) in [6.07, 6.45) is 0. The normalized spacial score (nSPS) is 7.50. The summed E-state index contributed by atoms with van der Waals surface area (Å²) in [4.78, 5) is 0. The summed E-state index contributed by atoms with van der Waals surface area (Å²) in [5, 5.41) is 12.0. The first kappa shape index (κ1) is 8.51. The Morgan fingerprint density at radius 3 is 1.80 bits per heavy atom. The molecule has 0 bridgehead atoms. The predicted molar refractivity (Wildman–Crippen MR) is 39.1 cm³/mol. The van der Waals surface area contributed by atoms with E-state index in [2.05, 4.69) is 26.0 Å². The molecule has 0 atom stereocenters. The summed E-state index contributed by atoms with van der Waals surface area (Å²) >= 11 is 0. The van der Waals surface area contributed by atoms with Crippen LogP contribution >= 0.6 is 0 Å². The average Bonchev–Trinajstić information content (AvgIpc) is 2.00. The summed E-state index contributed by atoms with van der Waals surface area (Å²) in [5.41, 5.74) is 2.37. The molecule has 0 aromatic heterocycles. The lowest BCUT2D eigenvalue weighted by Crippen LogP contribution is -1.70. The van der Waals surface area contributed by atoms with E-state index in [1.807, 2.05) is 12.1 Å². The lowest BCUT2D eigenvalue weighted by atomic mass is 10.2. The van der Waals surface area contributed by atoms with Crippen molar-refractivity contribution in [2.75, 3.05) is 0 Å². The van der Waals surface area contributed by atoms with Gasteiger partial charge < -0.3 is 0 Å². The van der Waals surface area contributed by atoms with Gasteiger partial charge in [-0.15, -0.1) is 0 Å². The fraction of sp³-hybridized carbons (Fsp3) is 0.125. The van der Waals surface area contributed by atoms with Gasteiger partial charge in [0.15, 0.2) is 0 Å². The van der Waals surface area contributed by atoms with Crippen molar-refractivity contribution in [1.82, 2.24) is 0 Å². The Bertz CT molecular complexity index is 177. The molecule has 0 spiro atoms. The van der Waals surface area contributed by atoms with Crippen molar-refractivity contribution in [3.8, 4) is 0 Å². The Morgan fingerprint density at radius 2 is 1.50 bits per heavy atom. The van der Waals surface area contributed by atoms with E-state index >= 15 is 0 Å². The fourth-order valence-corrected chi connectivity index (χ4v) is 0.588. The molecule has 10 heavy (non-hydrogen) atoms. The molecule has 1 aromatic carbocycles. The van der Waals surface area contributed by atoms with Gasteiger partial charge in [-0.2, -0.15) is 0 Å². The minimum absolute atomic E-state index is 1.08. The summed E-state index contributed by atoms with van der Waals surface area (Å²) in [6.45, 7) is 5.83. The molecule has 0 aliphatic carbocycles. The van der Waals surface area contributed by atoms with Crippen LogP contribution in [0.5, 0.6) is 0 Å². The zero-order valence-corrected chi connectivity index (χ0v) is 5.91. The van der Waals surface area contributed by atoms with Gasteiger partial charge in [0.05, 0.1) is 0 Å². The second-order valence-corrected chi connectivity index (χ2v) is 1.99. The fourth-order valence-electron chi connectivity index (χ4n) is 0.588. The highest BCUT2D eigenvalue weighted by molar-refractivity contribution is 5.22. The largest absolute Gasteiger partial charge is 0.126 e. The minimum Gasteiger partial charge on any atom is -0.0374 e. The minimum atomic E-state index is 1.08. The lowest BCUT2D eigenvalue weighted by molar-refractivity contribution is 1.15. The van der Waals surface area contributed by atoms with E-state index in [-0.39, 0.29) is 0 Å². The van der Waals surface area contributed by atoms with Crippen LogP contribution in [0.15, 0.2) is 24.3 Å². The molecule has 0 radical (unpaired) electrons. The maximum Gasteiger partial charge on any atom is 0.126 e. The van der Waals surface area contributed by atoms with Crippen molar-refractivity contribution in [3.63, 3.8) is 0 Å².